The Kier molecular flexibility index (Phi) is 3.91. The number of carbonyl (C=O) groups is 1. The zero-order chi connectivity index (χ0) is 9.84. The highest BCUT2D eigenvalue weighted by atomic mass is 16.1. The van der Waals surface area contributed by atoms with Gasteiger partial charge in [-0.2, -0.15) is 0 Å². The van der Waals surface area contributed by atoms with Crippen LogP contribution in [0.15, 0.2) is 0 Å². The van der Waals surface area contributed by atoms with Crippen molar-refractivity contribution in [2.45, 2.75) is 45.1 Å². The zero-order valence-corrected chi connectivity index (χ0v) is 9.05. The standard InChI is InChI=1S/C11H21NO/c1-4-11(12(2)3)9-5-7-10(13)8-6-9/h9,11H,4-8H2,1-3H3. The molecule has 0 aromatic carbocycles. The second-order valence-corrected chi connectivity index (χ2v) is 4.32. The van der Waals surface area contributed by atoms with Gasteiger partial charge in [0, 0.05) is 18.9 Å². The number of carbonyl (C=O) groups excluding carboxylic acids is 1. The minimum Gasteiger partial charge on any atom is -0.306 e. The topological polar surface area (TPSA) is 20.3 Å². The van der Waals surface area contributed by atoms with Gasteiger partial charge in [0.2, 0.25) is 0 Å². The van der Waals surface area contributed by atoms with Gasteiger partial charge < -0.3 is 4.90 Å². The van der Waals surface area contributed by atoms with Gasteiger partial charge in [-0.25, -0.2) is 0 Å². The van der Waals surface area contributed by atoms with E-state index in [4.69, 9.17) is 0 Å². The van der Waals surface area contributed by atoms with Gasteiger partial charge in [0.25, 0.3) is 0 Å². The van der Waals surface area contributed by atoms with E-state index in [1.807, 2.05) is 0 Å². The maximum atomic E-state index is 11.1. The van der Waals surface area contributed by atoms with Gasteiger partial charge in [0.15, 0.2) is 0 Å². The van der Waals surface area contributed by atoms with Crippen molar-refractivity contribution in [3.63, 3.8) is 0 Å². The van der Waals surface area contributed by atoms with Crippen molar-refractivity contribution in [2.75, 3.05) is 14.1 Å². The van der Waals surface area contributed by atoms with Gasteiger partial charge in [-0.1, -0.05) is 6.92 Å². The molecule has 0 heterocycles. The lowest BCUT2D eigenvalue weighted by atomic mass is 9.82. The van der Waals surface area contributed by atoms with Gasteiger partial charge in [0.1, 0.15) is 5.78 Å². The molecule has 1 saturated carbocycles. The van der Waals surface area contributed by atoms with Crippen molar-refractivity contribution in [1.29, 1.82) is 0 Å². The molecule has 0 amide bonds. The molecule has 0 spiro atoms. The first kappa shape index (κ1) is 10.7. The second kappa shape index (κ2) is 4.75. The molecule has 1 rings (SSSR count). The largest absolute Gasteiger partial charge is 0.306 e. The molecule has 1 atom stereocenters. The Balaban J connectivity index is 2.46. The van der Waals surface area contributed by atoms with Crippen LogP contribution in [0.5, 0.6) is 0 Å². The lowest BCUT2D eigenvalue weighted by Gasteiger charge is -2.33. The third kappa shape index (κ3) is 2.80. The third-order valence-corrected chi connectivity index (χ3v) is 3.21. The average Bonchev–Trinajstić information content (AvgIpc) is 2.09. The summed E-state index contributed by atoms with van der Waals surface area (Å²) < 4.78 is 0. The van der Waals surface area contributed by atoms with Gasteiger partial charge in [0.05, 0.1) is 0 Å². The van der Waals surface area contributed by atoms with Crippen LogP contribution in [0.25, 0.3) is 0 Å². The summed E-state index contributed by atoms with van der Waals surface area (Å²) in [6, 6.07) is 0.674. The van der Waals surface area contributed by atoms with Crippen molar-refractivity contribution >= 4 is 5.78 Å². The predicted molar refractivity (Wildman–Crippen MR) is 54.7 cm³/mol. The maximum Gasteiger partial charge on any atom is 0.132 e. The molecule has 76 valence electrons. The van der Waals surface area contributed by atoms with Crippen LogP contribution in [-0.4, -0.2) is 30.8 Å². The van der Waals surface area contributed by atoms with E-state index in [1.54, 1.807) is 0 Å². The van der Waals surface area contributed by atoms with Crippen molar-refractivity contribution in [2.24, 2.45) is 5.92 Å². The Hall–Kier alpha value is -0.370. The van der Waals surface area contributed by atoms with E-state index in [2.05, 4.69) is 25.9 Å². The normalized spacial score (nSPS) is 22.3. The molecular weight excluding hydrogens is 162 g/mol. The fraction of sp³-hybridized carbons (Fsp3) is 0.909. The number of hydrogen-bond donors (Lipinski definition) is 0. The van der Waals surface area contributed by atoms with E-state index < -0.39 is 0 Å². The molecule has 0 N–H and O–H groups in total. The SMILES string of the molecule is CCC(C1CCC(=O)CC1)N(C)C. The van der Waals surface area contributed by atoms with E-state index in [-0.39, 0.29) is 0 Å². The summed E-state index contributed by atoms with van der Waals surface area (Å²) in [4.78, 5) is 13.4. The average molecular weight is 183 g/mol. The molecule has 0 radical (unpaired) electrons. The van der Waals surface area contributed by atoms with E-state index in [1.165, 1.54) is 6.42 Å². The summed E-state index contributed by atoms with van der Waals surface area (Å²) in [7, 11) is 4.29. The predicted octanol–water partition coefficient (Wildman–Crippen LogP) is 2.09. The zero-order valence-electron chi connectivity index (χ0n) is 9.05. The molecule has 1 fully saturated rings. The Morgan fingerprint density at radius 1 is 1.38 bits per heavy atom. The smallest absolute Gasteiger partial charge is 0.132 e. The molecule has 0 aromatic heterocycles. The highest BCUT2D eigenvalue weighted by molar-refractivity contribution is 5.79. The summed E-state index contributed by atoms with van der Waals surface area (Å²) in [5.74, 6) is 1.21. The molecule has 1 aliphatic rings. The van der Waals surface area contributed by atoms with Crippen molar-refractivity contribution in [3.8, 4) is 0 Å². The monoisotopic (exact) mass is 183 g/mol. The number of rotatable bonds is 3. The minimum absolute atomic E-state index is 0.463. The van der Waals surface area contributed by atoms with Crippen molar-refractivity contribution in [3.05, 3.63) is 0 Å². The lowest BCUT2D eigenvalue weighted by Crippen LogP contribution is -2.36. The van der Waals surface area contributed by atoms with Crippen molar-refractivity contribution in [1.82, 2.24) is 4.90 Å². The fourth-order valence-corrected chi connectivity index (χ4v) is 2.47. The second-order valence-electron chi connectivity index (χ2n) is 4.32. The molecular formula is C11H21NO. The summed E-state index contributed by atoms with van der Waals surface area (Å²) in [5, 5.41) is 0. The Labute approximate surface area is 81.3 Å². The van der Waals surface area contributed by atoms with E-state index in [0.29, 0.717) is 11.8 Å². The van der Waals surface area contributed by atoms with Gasteiger partial charge in [-0.3, -0.25) is 4.79 Å². The molecule has 0 aliphatic heterocycles. The minimum atomic E-state index is 0.463. The summed E-state index contributed by atoms with van der Waals surface area (Å²) in [6.45, 7) is 2.24. The van der Waals surface area contributed by atoms with E-state index >= 15 is 0 Å². The number of hydrogen-bond acceptors (Lipinski definition) is 2. The summed E-state index contributed by atoms with van der Waals surface area (Å²) in [6.07, 6.45) is 5.04. The van der Waals surface area contributed by atoms with Crippen LogP contribution in [0.1, 0.15) is 39.0 Å². The van der Waals surface area contributed by atoms with Crippen LogP contribution >= 0.6 is 0 Å². The maximum absolute atomic E-state index is 11.1. The number of nitrogens with zero attached hydrogens (tertiary/aromatic N) is 1. The highest BCUT2D eigenvalue weighted by Crippen LogP contribution is 2.27. The molecule has 1 aliphatic carbocycles. The van der Waals surface area contributed by atoms with Crippen LogP contribution in [0, 0.1) is 5.92 Å². The molecule has 2 heteroatoms. The summed E-state index contributed by atoms with van der Waals surface area (Å²) in [5.41, 5.74) is 0. The van der Waals surface area contributed by atoms with Crippen LogP contribution in [0.2, 0.25) is 0 Å². The first-order valence-electron chi connectivity index (χ1n) is 5.33. The van der Waals surface area contributed by atoms with Gasteiger partial charge >= 0.3 is 0 Å². The Bertz CT molecular complexity index is 167. The van der Waals surface area contributed by atoms with Crippen LogP contribution in [0.4, 0.5) is 0 Å². The Morgan fingerprint density at radius 2 is 1.92 bits per heavy atom. The number of Topliss-reactive ketones (excluding diaryl/α,β-unsaturated/α-hetero) is 1. The van der Waals surface area contributed by atoms with Crippen LogP contribution in [0.3, 0.4) is 0 Å². The first-order chi connectivity index (χ1) is 6.15. The van der Waals surface area contributed by atoms with E-state index in [0.717, 1.165) is 31.6 Å². The lowest BCUT2D eigenvalue weighted by molar-refractivity contribution is -0.121. The third-order valence-electron chi connectivity index (χ3n) is 3.21. The Morgan fingerprint density at radius 3 is 2.31 bits per heavy atom. The summed E-state index contributed by atoms with van der Waals surface area (Å²) >= 11 is 0. The molecule has 1 unspecified atom stereocenters. The molecule has 0 saturated heterocycles. The van der Waals surface area contributed by atoms with Crippen LogP contribution in [-0.2, 0) is 4.79 Å². The molecule has 13 heavy (non-hydrogen) atoms. The van der Waals surface area contributed by atoms with Crippen molar-refractivity contribution < 1.29 is 4.79 Å². The molecule has 0 bridgehead atoms. The first-order valence-corrected chi connectivity index (χ1v) is 5.33. The highest BCUT2D eigenvalue weighted by Gasteiger charge is 2.26. The van der Waals surface area contributed by atoms with Gasteiger partial charge in [-0.15, -0.1) is 0 Å². The number of ketones is 1. The van der Waals surface area contributed by atoms with Gasteiger partial charge in [-0.05, 0) is 39.3 Å². The quantitative estimate of drug-likeness (QED) is 0.667. The fourth-order valence-electron chi connectivity index (χ4n) is 2.47. The van der Waals surface area contributed by atoms with Crippen LogP contribution < -0.4 is 0 Å². The van der Waals surface area contributed by atoms with E-state index in [9.17, 15) is 4.79 Å². The molecule has 2 nitrogen and oxygen atoms in total. The molecule has 0 aromatic rings.